The number of fused-ring (bicyclic) bond motifs is 1. The highest BCUT2D eigenvalue weighted by atomic mass is 19.4. The SMILES string of the molecule is CC(N)c1cncc(-c2ccc3cnn(-c4cccc(C(F)(F)F)n4)c3c2)c1. The fraction of sp³-hybridized carbons (Fsp3) is 0.150. The minimum absolute atomic E-state index is 0.101. The Labute approximate surface area is 158 Å². The summed E-state index contributed by atoms with van der Waals surface area (Å²) in [5.74, 6) is 0.101. The molecule has 0 fully saturated rings. The molecule has 0 aliphatic heterocycles. The van der Waals surface area contributed by atoms with Crippen molar-refractivity contribution in [2.75, 3.05) is 0 Å². The minimum Gasteiger partial charge on any atom is -0.324 e. The van der Waals surface area contributed by atoms with Crippen LogP contribution in [0.1, 0.15) is 24.2 Å². The molecule has 3 aromatic heterocycles. The van der Waals surface area contributed by atoms with Gasteiger partial charge in [0.05, 0.1) is 11.7 Å². The average Bonchev–Trinajstić information content (AvgIpc) is 3.10. The first-order valence-electron chi connectivity index (χ1n) is 8.56. The normalized spacial score (nSPS) is 13.0. The van der Waals surface area contributed by atoms with Gasteiger partial charge in [-0.1, -0.05) is 18.2 Å². The van der Waals surface area contributed by atoms with Gasteiger partial charge in [0.25, 0.3) is 0 Å². The van der Waals surface area contributed by atoms with Crippen molar-refractivity contribution in [2.24, 2.45) is 5.73 Å². The van der Waals surface area contributed by atoms with Crippen molar-refractivity contribution in [1.29, 1.82) is 0 Å². The Morgan fingerprint density at radius 3 is 2.57 bits per heavy atom. The van der Waals surface area contributed by atoms with E-state index in [9.17, 15) is 13.2 Å². The first kappa shape index (κ1) is 18.1. The second kappa shape index (κ2) is 6.72. The van der Waals surface area contributed by atoms with E-state index in [1.807, 2.05) is 31.2 Å². The van der Waals surface area contributed by atoms with Crippen molar-refractivity contribution in [3.8, 4) is 16.9 Å². The Morgan fingerprint density at radius 2 is 1.82 bits per heavy atom. The number of aromatic nitrogens is 4. The summed E-state index contributed by atoms with van der Waals surface area (Å²) in [7, 11) is 0. The molecule has 0 radical (unpaired) electrons. The van der Waals surface area contributed by atoms with Gasteiger partial charge in [0, 0.05) is 29.4 Å². The van der Waals surface area contributed by atoms with Gasteiger partial charge in [-0.15, -0.1) is 0 Å². The first-order valence-corrected chi connectivity index (χ1v) is 8.56. The Bertz CT molecular complexity index is 1150. The van der Waals surface area contributed by atoms with Gasteiger partial charge in [0.2, 0.25) is 0 Å². The Balaban J connectivity index is 1.83. The highest BCUT2D eigenvalue weighted by Gasteiger charge is 2.32. The molecule has 5 nitrogen and oxygen atoms in total. The topological polar surface area (TPSA) is 69.6 Å². The second-order valence-corrected chi connectivity index (χ2v) is 6.50. The lowest BCUT2D eigenvalue weighted by Gasteiger charge is -2.10. The van der Waals surface area contributed by atoms with Crippen molar-refractivity contribution in [2.45, 2.75) is 19.1 Å². The highest BCUT2D eigenvalue weighted by molar-refractivity contribution is 5.85. The zero-order valence-electron chi connectivity index (χ0n) is 14.9. The van der Waals surface area contributed by atoms with Gasteiger partial charge in [-0.3, -0.25) is 4.98 Å². The fourth-order valence-electron chi connectivity index (χ4n) is 2.94. The number of nitrogens with two attached hydrogens (primary N) is 1. The van der Waals surface area contributed by atoms with Crippen molar-refractivity contribution in [3.63, 3.8) is 0 Å². The summed E-state index contributed by atoms with van der Waals surface area (Å²) in [5.41, 5.74) is 8.23. The molecule has 4 rings (SSSR count). The predicted molar refractivity (Wildman–Crippen MR) is 99.7 cm³/mol. The van der Waals surface area contributed by atoms with E-state index in [0.717, 1.165) is 28.1 Å². The van der Waals surface area contributed by atoms with Crippen molar-refractivity contribution < 1.29 is 13.2 Å². The molecular formula is C20H16F3N5. The summed E-state index contributed by atoms with van der Waals surface area (Å²) in [6, 6.07) is 11.2. The summed E-state index contributed by atoms with van der Waals surface area (Å²) in [6.45, 7) is 1.87. The number of alkyl halides is 3. The van der Waals surface area contributed by atoms with Crippen molar-refractivity contribution in [3.05, 3.63) is 72.3 Å². The molecule has 1 aromatic carbocycles. The molecular weight excluding hydrogens is 367 g/mol. The molecule has 28 heavy (non-hydrogen) atoms. The summed E-state index contributed by atoms with van der Waals surface area (Å²) in [4.78, 5) is 7.95. The Kier molecular flexibility index (Phi) is 4.35. The monoisotopic (exact) mass is 383 g/mol. The van der Waals surface area contributed by atoms with Gasteiger partial charge >= 0.3 is 6.18 Å². The van der Waals surface area contributed by atoms with Crippen LogP contribution < -0.4 is 5.73 Å². The number of hydrogen-bond acceptors (Lipinski definition) is 4. The van der Waals surface area contributed by atoms with Gasteiger partial charge in [-0.25, -0.2) is 9.67 Å². The molecule has 0 spiro atoms. The molecule has 0 saturated carbocycles. The maximum atomic E-state index is 13.0. The quantitative estimate of drug-likeness (QED) is 0.565. The number of rotatable bonds is 3. The molecule has 8 heteroatoms. The third-order valence-electron chi connectivity index (χ3n) is 4.43. The zero-order valence-corrected chi connectivity index (χ0v) is 14.9. The molecule has 3 heterocycles. The van der Waals surface area contributed by atoms with Gasteiger partial charge < -0.3 is 5.73 Å². The van der Waals surface area contributed by atoms with Crippen LogP contribution in [0.15, 0.2) is 61.1 Å². The van der Waals surface area contributed by atoms with E-state index >= 15 is 0 Å². The van der Waals surface area contributed by atoms with Gasteiger partial charge in [0.1, 0.15) is 5.69 Å². The molecule has 0 saturated heterocycles. The van der Waals surface area contributed by atoms with Gasteiger partial charge in [-0.2, -0.15) is 18.3 Å². The molecule has 1 unspecified atom stereocenters. The van der Waals surface area contributed by atoms with Crippen LogP contribution in [0.4, 0.5) is 13.2 Å². The first-order chi connectivity index (χ1) is 13.3. The summed E-state index contributed by atoms with van der Waals surface area (Å²) in [5, 5.41) is 5.01. The molecule has 4 aromatic rings. The van der Waals surface area contributed by atoms with Crippen LogP contribution in [-0.2, 0) is 6.18 Å². The summed E-state index contributed by atoms with van der Waals surface area (Å²) >= 11 is 0. The predicted octanol–water partition coefficient (Wildman–Crippen LogP) is 4.52. The molecule has 0 bridgehead atoms. The van der Waals surface area contributed by atoms with Crippen LogP contribution in [0.2, 0.25) is 0 Å². The van der Waals surface area contributed by atoms with E-state index in [1.54, 1.807) is 18.6 Å². The highest BCUT2D eigenvalue weighted by Crippen LogP contribution is 2.30. The van der Waals surface area contributed by atoms with E-state index in [2.05, 4.69) is 15.1 Å². The number of hydrogen-bond donors (Lipinski definition) is 1. The minimum atomic E-state index is -4.52. The van der Waals surface area contributed by atoms with Gasteiger partial charge in [-0.05, 0) is 42.3 Å². The van der Waals surface area contributed by atoms with E-state index in [4.69, 9.17) is 5.73 Å². The summed E-state index contributed by atoms with van der Waals surface area (Å²) < 4.78 is 40.4. The smallest absolute Gasteiger partial charge is 0.324 e. The van der Waals surface area contributed by atoms with E-state index in [1.165, 1.54) is 16.8 Å². The van der Waals surface area contributed by atoms with Crippen LogP contribution in [-0.4, -0.2) is 19.7 Å². The zero-order chi connectivity index (χ0) is 19.9. The third-order valence-corrected chi connectivity index (χ3v) is 4.43. The molecule has 2 N–H and O–H groups in total. The van der Waals surface area contributed by atoms with E-state index < -0.39 is 11.9 Å². The lowest BCUT2D eigenvalue weighted by Crippen LogP contribution is -2.10. The van der Waals surface area contributed by atoms with Crippen LogP contribution in [0.5, 0.6) is 0 Å². The largest absolute Gasteiger partial charge is 0.433 e. The molecule has 1 atom stereocenters. The number of pyridine rings is 2. The lowest BCUT2D eigenvalue weighted by atomic mass is 10.0. The maximum Gasteiger partial charge on any atom is 0.433 e. The standard InChI is InChI=1S/C20H16F3N5/c1-12(24)15-7-16(10-25-9-15)13-5-6-14-11-26-28(17(14)8-13)19-4-2-3-18(27-19)20(21,22)23/h2-12H,24H2,1H3. The lowest BCUT2D eigenvalue weighted by molar-refractivity contribution is -0.141. The average molecular weight is 383 g/mol. The Morgan fingerprint density at radius 1 is 1.00 bits per heavy atom. The van der Waals surface area contributed by atoms with Gasteiger partial charge in [0.15, 0.2) is 5.82 Å². The van der Waals surface area contributed by atoms with Crippen molar-refractivity contribution in [1.82, 2.24) is 19.7 Å². The number of nitrogens with zero attached hydrogens (tertiary/aromatic N) is 4. The van der Waals surface area contributed by atoms with Crippen LogP contribution in [0, 0.1) is 0 Å². The maximum absolute atomic E-state index is 13.0. The fourth-order valence-corrected chi connectivity index (χ4v) is 2.94. The molecule has 0 aliphatic carbocycles. The van der Waals surface area contributed by atoms with E-state index in [-0.39, 0.29) is 11.9 Å². The molecule has 0 amide bonds. The number of halogens is 3. The summed E-state index contributed by atoms with van der Waals surface area (Å²) in [6.07, 6.45) is 0.507. The second-order valence-electron chi connectivity index (χ2n) is 6.50. The number of benzene rings is 1. The molecule has 142 valence electrons. The van der Waals surface area contributed by atoms with Crippen LogP contribution in [0.25, 0.3) is 27.8 Å². The third kappa shape index (κ3) is 3.34. The van der Waals surface area contributed by atoms with Crippen LogP contribution >= 0.6 is 0 Å². The van der Waals surface area contributed by atoms with Crippen LogP contribution in [0.3, 0.4) is 0 Å². The van der Waals surface area contributed by atoms with E-state index in [0.29, 0.717) is 5.52 Å². The molecule has 0 aliphatic rings. The Hall–Kier alpha value is -3.26. The van der Waals surface area contributed by atoms with Crippen molar-refractivity contribution >= 4 is 10.9 Å².